The minimum atomic E-state index is 0.336. The Hall–Kier alpha value is -2.50. The number of hydrogen-bond donors (Lipinski definition) is 1. The van der Waals surface area contributed by atoms with Gasteiger partial charge in [0.1, 0.15) is 17.5 Å². The lowest BCUT2D eigenvalue weighted by Crippen LogP contribution is -2.32. The maximum absolute atomic E-state index is 4.62. The summed E-state index contributed by atoms with van der Waals surface area (Å²) in [7, 11) is 0. The largest absolute Gasteiger partial charge is 0.364 e. The SMILES string of the molecule is Cc1nnc2n1C[C@@H](Nc1cnc3ccccc3n1)CC2. The second kappa shape index (κ2) is 4.80. The summed E-state index contributed by atoms with van der Waals surface area (Å²) in [5.41, 5.74) is 1.84. The summed E-state index contributed by atoms with van der Waals surface area (Å²) in [4.78, 5) is 9.06. The minimum Gasteiger partial charge on any atom is -0.364 e. The first kappa shape index (κ1) is 12.3. The molecule has 0 spiro atoms. The van der Waals surface area contributed by atoms with Crippen LogP contribution in [-0.4, -0.2) is 30.8 Å². The number of nitrogens with one attached hydrogen (secondary N) is 1. The lowest BCUT2D eigenvalue weighted by molar-refractivity contribution is 0.469. The van der Waals surface area contributed by atoms with Gasteiger partial charge in [0.15, 0.2) is 0 Å². The molecule has 0 radical (unpaired) electrons. The molecule has 1 atom stereocenters. The van der Waals surface area contributed by atoms with E-state index in [2.05, 4.69) is 30.0 Å². The van der Waals surface area contributed by atoms with Crippen molar-refractivity contribution in [2.75, 3.05) is 5.32 Å². The predicted molar refractivity (Wildman–Crippen MR) is 80.0 cm³/mol. The topological polar surface area (TPSA) is 68.5 Å². The second-order valence-electron chi connectivity index (χ2n) is 5.40. The standard InChI is InChI=1S/C15H16N6/c1-10-19-20-15-7-6-11(9-21(10)15)17-14-8-16-12-4-2-3-5-13(12)18-14/h2-5,8,11H,6-7,9H2,1H3,(H,17,18)/t11-/m0/s1. The minimum absolute atomic E-state index is 0.336. The van der Waals surface area contributed by atoms with Crippen molar-refractivity contribution in [2.45, 2.75) is 32.4 Å². The molecular formula is C15H16N6. The molecule has 1 N–H and O–H groups in total. The summed E-state index contributed by atoms with van der Waals surface area (Å²) in [6, 6.07) is 8.24. The summed E-state index contributed by atoms with van der Waals surface area (Å²) in [5, 5.41) is 11.8. The van der Waals surface area contributed by atoms with Gasteiger partial charge in [0, 0.05) is 19.0 Å². The first-order valence-electron chi connectivity index (χ1n) is 7.16. The summed E-state index contributed by atoms with van der Waals surface area (Å²) >= 11 is 0. The van der Waals surface area contributed by atoms with E-state index in [1.54, 1.807) is 6.20 Å². The van der Waals surface area contributed by atoms with Gasteiger partial charge in [-0.2, -0.15) is 0 Å². The van der Waals surface area contributed by atoms with Gasteiger partial charge in [-0.05, 0) is 25.5 Å². The third-order valence-electron chi connectivity index (χ3n) is 3.93. The molecule has 4 rings (SSSR count). The highest BCUT2D eigenvalue weighted by Crippen LogP contribution is 2.18. The van der Waals surface area contributed by atoms with Crippen LogP contribution in [-0.2, 0) is 13.0 Å². The van der Waals surface area contributed by atoms with Crippen molar-refractivity contribution in [1.82, 2.24) is 24.7 Å². The van der Waals surface area contributed by atoms with Crippen molar-refractivity contribution >= 4 is 16.9 Å². The Balaban J connectivity index is 1.57. The average Bonchev–Trinajstić information content (AvgIpc) is 2.88. The van der Waals surface area contributed by atoms with Crippen LogP contribution in [0.5, 0.6) is 0 Å². The van der Waals surface area contributed by atoms with Crippen LogP contribution in [0.15, 0.2) is 30.5 Å². The highest BCUT2D eigenvalue weighted by Gasteiger charge is 2.21. The van der Waals surface area contributed by atoms with Gasteiger partial charge in [-0.3, -0.25) is 4.98 Å². The maximum Gasteiger partial charge on any atom is 0.145 e. The molecular weight excluding hydrogens is 264 g/mol. The van der Waals surface area contributed by atoms with E-state index >= 15 is 0 Å². The molecule has 1 aliphatic heterocycles. The molecule has 6 nitrogen and oxygen atoms in total. The van der Waals surface area contributed by atoms with Crippen LogP contribution >= 0.6 is 0 Å². The number of nitrogens with zero attached hydrogens (tertiary/aromatic N) is 5. The summed E-state index contributed by atoms with van der Waals surface area (Å²) in [5.74, 6) is 2.88. The summed E-state index contributed by atoms with van der Waals surface area (Å²) in [6.45, 7) is 2.87. The Bertz CT molecular complexity index is 794. The first-order chi connectivity index (χ1) is 10.3. The van der Waals surface area contributed by atoms with Crippen LogP contribution in [0.3, 0.4) is 0 Å². The third kappa shape index (κ3) is 2.22. The molecule has 0 aliphatic carbocycles. The van der Waals surface area contributed by atoms with Gasteiger partial charge in [0.25, 0.3) is 0 Å². The fourth-order valence-corrected chi connectivity index (χ4v) is 2.82. The Morgan fingerprint density at radius 3 is 2.95 bits per heavy atom. The normalized spacial score (nSPS) is 17.7. The van der Waals surface area contributed by atoms with Crippen molar-refractivity contribution in [3.8, 4) is 0 Å². The van der Waals surface area contributed by atoms with Gasteiger partial charge >= 0.3 is 0 Å². The average molecular weight is 280 g/mol. The molecule has 0 unspecified atom stereocenters. The van der Waals surface area contributed by atoms with Crippen molar-refractivity contribution in [3.05, 3.63) is 42.1 Å². The zero-order valence-corrected chi connectivity index (χ0v) is 11.8. The number of rotatable bonds is 2. The maximum atomic E-state index is 4.62. The molecule has 21 heavy (non-hydrogen) atoms. The van der Waals surface area contributed by atoms with E-state index in [0.717, 1.165) is 47.9 Å². The van der Waals surface area contributed by atoms with Gasteiger partial charge < -0.3 is 9.88 Å². The van der Waals surface area contributed by atoms with Crippen LogP contribution < -0.4 is 5.32 Å². The molecule has 0 bridgehead atoms. The highest BCUT2D eigenvalue weighted by atomic mass is 15.3. The van der Waals surface area contributed by atoms with Gasteiger partial charge in [-0.1, -0.05) is 12.1 Å². The first-order valence-corrected chi connectivity index (χ1v) is 7.16. The number of aryl methyl sites for hydroxylation is 2. The number of hydrogen-bond acceptors (Lipinski definition) is 5. The molecule has 1 aromatic carbocycles. The van der Waals surface area contributed by atoms with Crippen LogP contribution in [0.4, 0.5) is 5.82 Å². The zero-order valence-electron chi connectivity index (χ0n) is 11.8. The van der Waals surface area contributed by atoms with E-state index in [0.29, 0.717) is 6.04 Å². The fraction of sp³-hybridized carbons (Fsp3) is 0.333. The molecule has 2 aromatic heterocycles. The lowest BCUT2D eigenvalue weighted by atomic mass is 10.1. The smallest absolute Gasteiger partial charge is 0.145 e. The summed E-state index contributed by atoms with van der Waals surface area (Å²) in [6.07, 6.45) is 3.78. The van der Waals surface area contributed by atoms with Crippen molar-refractivity contribution in [2.24, 2.45) is 0 Å². The Morgan fingerprint density at radius 1 is 1.19 bits per heavy atom. The van der Waals surface area contributed by atoms with Crippen molar-refractivity contribution < 1.29 is 0 Å². The zero-order chi connectivity index (χ0) is 14.2. The number of aromatic nitrogens is 5. The van der Waals surface area contributed by atoms with E-state index in [-0.39, 0.29) is 0 Å². The van der Waals surface area contributed by atoms with Crippen molar-refractivity contribution in [3.63, 3.8) is 0 Å². The van der Waals surface area contributed by atoms with Crippen LogP contribution in [0.25, 0.3) is 11.0 Å². The highest BCUT2D eigenvalue weighted by molar-refractivity contribution is 5.75. The summed E-state index contributed by atoms with van der Waals surface area (Å²) < 4.78 is 2.18. The molecule has 6 heteroatoms. The molecule has 106 valence electrons. The Labute approximate surface area is 122 Å². The van der Waals surface area contributed by atoms with Gasteiger partial charge in [0.2, 0.25) is 0 Å². The molecule has 0 saturated heterocycles. The fourth-order valence-electron chi connectivity index (χ4n) is 2.82. The van der Waals surface area contributed by atoms with E-state index in [9.17, 15) is 0 Å². The van der Waals surface area contributed by atoms with Crippen molar-refractivity contribution in [1.29, 1.82) is 0 Å². The lowest BCUT2D eigenvalue weighted by Gasteiger charge is -2.25. The van der Waals surface area contributed by atoms with E-state index < -0.39 is 0 Å². The molecule has 0 saturated carbocycles. The second-order valence-corrected chi connectivity index (χ2v) is 5.40. The molecule has 0 amide bonds. The van der Waals surface area contributed by atoms with Crippen LogP contribution in [0.2, 0.25) is 0 Å². The van der Waals surface area contributed by atoms with Crippen LogP contribution in [0.1, 0.15) is 18.1 Å². The van der Waals surface area contributed by atoms with E-state index in [1.165, 1.54) is 0 Å². The molecule has 1 aliphatic rings. The predicted octanol–water partition coefficient (Wildman–Crippen LogP) is 1.96. The monoisotopic (exact) mass is 280 g/mol. The number of para-hydroxylation sites is 2. The van der Waals surface area contributed by atoms with Gasteiger partial charge in [-0.25, -0.2) is 4.98 Å². The number of anilines is 1. The Morgan fingerprint density at radius 2 is 2.05 bits per heavy atom. The van der Waals surface area contributed by atoms with Gasteiger partial charge in [-0.15, -0.1) is 10.2 Å². The van der Waals surface area contributed by atoms with E-state index in [1.807, 2.05) is 31.2 Å². The van der Waals surface area contributed by atoms with E-state index in [4.69, 9.17) is 0 Å². The molecule has 3 aromatic rings. The molecule has 3 heterocycles. The van der Waals surface area contributed by atoms with Gasteiger partial charge in [0.05, 0.1) is 17.2 Å². The molecule has 0 fully saturated rings. The number of benzene rings is 1. The third-order valence-corrected chi connectivity index (χ3v) is 3.93. The quantitative estimate of drug-likeness (QED) is 0.777. The number of fused-ring (bicyclic) bond motifs is 2. The Kier molecular flexibility index (Phi) is 2.80. The van der Waals surface area contributed by atoms with Crippen LogP contribution in [0, 0.1) is 6.92 Å².